The Labute approximate surface area is 121 Å². The fourth-order valence-electron chi connectivity index (χ4n) is 2.46. The molecule has 0 amide bonds. The van der Waals surface area contributed by atoms with Gasteiger partial charge in [0.15, 0.2) is 5.78 Å². The largest absolute Gasteiger partial charge is 0.295 e. The van der Waals surface area contributed by atoms with Gasteiger partial charge in [-0.3, -0.25) is 14.8 Å². The van der Waals surface area contributed by atoms with Crippen molar-refractivity contribution in [2.75, 3.05) is 0 Å². The Bertz CT molecular complexity index is 460. The summed E-state index contributed by atoms with van der Waals surface area (Å²) in [5.74, 6) is 0.131. The van der Waals surface area contributed by atoms with Crippen LogP contribution in [0.5, 0.6) is 0 Å². The van der Waals surface area contributed by atoms with E-state index in [1.54, 1.807) is 37.8 Å². The van der Waals surface area contributed by atoms with Gasteiger partial charge in [0.25, 0.3) is 0 Å². The molecule has 0 spiro atoms. The predicted octanol–water partition coefficient (Wildman–Crippen LogP) is 4.13. The molecule has 0 aromatic carbocycles. The molecule has 1 aromatic rings. The van der Waals surface area contributed by atoms with Crippen LogP contribution in [0.25, 0.3) is 0 Å². The monoisotopic (exact) mass is 272 g/mol. The quantitative estimate of drug-likeness (QED) is 0.760. The lowest BCUT2D eigenvalue weighted by Crippen LogP contribution is -2.19. The van der Waals surface area contributed by atoms with Gasteiger partial charge in [-0.1, -0.05) is 25.5 Å². The van der Waals surface area contributed by atoms with E-state index in [1.807, 2.05) is 6.08 Å². The minimum atomic E-state index is 0.131. The molecule has 3 heteroatoms. The molecule has 1 aliphatic rings. The first-order valence-electron chi connectivity index (χ1n) is 7.02. The molecule has 0 bridgehead atoms. The van der Waals surface area contributed by atoms with E-state index in [1.165, 1.54) is 30.4 Å². The first kappa shape index (κ1) is 16.3. The molecule has 0 radical (unpaired) electrons. The lowest BCUT2D eigenvalue weighted by molar-refractivity contribution is -0.112. The Balaban J connectivity index is 0.000000276. The first-order chi connectivity index (χ1) is 9.43. The fraction of sp³-hybridized carbons (Fsp3) is 0.471. The minimum absolute atomic E-state index is 0.131. The van der Waals surface area contributed by atoms with E-state index in [4.69, 9.17) is 0 Å². The van der Waals surface area contributed by atoms with Gasteiger partial charge in [-0.25, -0.2) is 0 Å². The highest BCUT2D eigenvalue weighted by Gasteiger charge is 2.26. The van der Waals surface area contributed by atoms with Gasteiger partial charge in [0.1, 0.15) is 0 Å². The summed E-state index contributed by atoms with van der Waals surface area (Å²) in [6.07, 6.45) is 13.9. The number of hydrogen-bond acceptors (Lipinski definition) is 3. The number of carbonyl (C=O) groups is 1. The summed E-state index contributed by atoms with van der Waals surface area (Å²) in [7, 11) is 0. The Morgan fingerprint density at radius 1 is 1.20 bits per heavy atom. The maximum absolute atomic E-state index is 10.9. The first-order valence-corrected chi connectivity index (χ1v) is 7.02. The molecule has 0 fully saturated rings. The van der Waals surface area contributed by atoms with Gasteiger partial charge in [-0.2, -0.15) is 0 Å². The summed E-state index contributed by atoms with van der Waals surface area (Å²) in [5.41, 5.74) is 3.05. The molecule has 0 N–H and O–H groups in total. The lowest BCUT2D eigenvalue weighted by Gasteiger charge is -2.32. The zero-order valence-corrected chi connectivity index (χ0v) is 12.9. The molecule has 0 unspecified atom stereocenters. The average Bonchev–Trinajstić information content (AvgIpc) is 2.40. The second kappa shape index (κ2) is 7.73. The summed E-state index contributed by atoms with van der Waals surface area (Å²) >= 11 is 0. The summed E-state index contributed by atoms with van der Waals surface area (Å²) in [6.45, 7) is 8.30. The van der Waals surface area contributed by atoms with Crippen LogP contribution < -0.4 is 0 Å². The van der Waals surface area contributed by atoms with Crippen LogP contribution in [0.4, 0.5) is 0 Å². The number of nitrogens with zero attached hydrogens (tertiary/aromatic N) is 2. The maximum atomic E-state index is 10.9. The SMILES string of the molecule is CC(=O)/C=C/C1=C(C)CCCC1(C)C.c1cnccn1. The fourth-order valence-corrected chi connectivity index (χ4v) is 2.46. The topological polar surface area (TPSA) is 42.9 Å². The van der Waals surface area contributed by atoms with Crippen LogP contribution in [0.1, 0.15) is 47.0 Å². The van der Waals surface area contributed by atoms with E-state index < -0.39 is 0 Å². The summed E-state index contributed by atoms with van der Waals surface area (Å²) < 4.78 is 0. The van der Waals surface area contributed by atoms with Crippen molar-refractivity contribution in [1.82, 2.24) is 9.97 Å². The van der Waals surface area contributed by atoms with Gasteiger partial charge in [-0.15, -0.1) is 0 Å². The normalized spacial score (nSPS) is 17.6. The van der Waals surface area contributed by atoms with Gasteiger partial charge in [0, 0.05) is 24.8 Å². The minimum Gasteiger partial charge on any atom is -0.295 e. The number of rotatable bonds is 2. The molecule has 1 aliphatic carbocycles. The van der Waals surface area contributed by atoms with Crippen LogP contribution in [0.15, 0.2) is 48.1 Å². The molecule has 3 nitrogen and oxygen atoms in total. The van der Waals surface area contributed by atoms with Crippen LogP contribution in [0.3, 0.4) is 0 Å². The third-order valence-electron chi connectivity index (χ3n) is 3.50. The molecule has 108 valence electrons. The summed E-state index contributed by atoms with van der Waals surface area (Å²) in [5, 5.41) is 0. The molecule has 1 aromatic heterocycles. The van der Waals surface area contributed by atoms with Gasteiger partial charge in [-0.05, 0) is 50.2 Å². The number of ketones is 1. The van der Waals surface area contributed by atoms with Gasteiger partial charge < -0.3 is 0 Å². The van der Waals surface area contributed by atoms with E-state index in [0.717, 1.165) is 0 Å². The van der Waals surface area contributed by atoms with E-state index in [-0.39, 0.29) is 11.2 Å². The highest BCUT2D eigenvalue weighted by molar-refractivity contribution is 5.87. The Kier molecular flexibility index (Phi) is 6.29. The van der Waals surface area contributed by atoms with Crippen molar-refractivity contribution < 1.29 is 4.79 Å². The maximum Gasteiger partial charge on any atom is 0.152 e. The zero-order valence-electron chi connectivity index (χ0n) is 12.9. The second-order valence-electron chi connectivity index (χ2n) is 5.77. The smallest absolute Gasteiger partial charge is 0.152 e. The molecular weight excluding hydrogens is 248 g/mol. The number of allylic oxidation sites excluding steroid dienone is 4. The van der Waals surface area contributed by atoms with E-state index >= 15 is 0 Å². The molecule has 0 saturated heterocycles. The van der Waals surface area contributed by atoms with E-state index in [2.05, 4.69) is 30.7 Å². The molecule has 0 atom stereocenters. The van der Waals surface area contributed by atoms with Crippen molar-refractivity contribution in [3.8, 4) is 0 Å². The van der Waals surface area contributed by atoms with E-state index in [0.29, 0.717) is 0 Å². The molecule has 0 saturated carbocycles. The number of hydrogen-bond donors (Lipinski definition) is 0. The Morgan fingerprint density at radius 2 is 1.75 bits per heavy atom. The summed E-state index contributed by atoms with van der Waals surface area (Å²) in [6, 6.07) is 0. The number of aromatic nitrogens is 2. The Morgan fingerprint density at radius 3 is 2.15 bits per heavy atom. The van der Waals surface area contributed by atoms with Crippen LogP contribution in [-0.2, 0) is 4.79 Å². The molecule has 1 heterocycles. The second-order valence-corrected chi connectivity index (χ2v) is 5.77. The molecule has 20 heavy (non-hydrogen) atoms. The van der Waals surface area contributed by atoms with E-state index in [9.17, 15) is 4.79 Å². The third-order valence-corrected chi connectivity index (χ3v) is 3.50. The lowest BCUT2D eigenvalue weighted by atomic mass is 9.72. The van der Waals surface area contributed by atoms with Gasteiger partial charge in [0.2, 0.25) is 0 Å². The third kappa shape index (κ3) is 5.47. The van der Waals surface area contributed by atoms with Gasteiger partial charge in [0.05, 0.1) is 0 Å². The van der Waals surface area contributed by atoms with Crippen LogP contribution in [-0.4, -0.2) is 15.8 Å². The van der Waals surface area contributed by atoms with Crippen molar-refractivity contribution in [3.63, 3.8) is 0 Å². The van der Waals surface area contributed by atoms with Crippen molar-refractivity contribution >= 4 is 5.78 Å². The van der Waals surface area contributed by atoms with Crippen LogP contribution >= 0.6 is 0 Å². The van der Waals surface area contributed by atoms with Crippen molar-refractivity contribution in [1.29, 1.82) is 0 Å². The van der Waals surface area contributed by atoms with Gasteiger partial charge >= 0.3 is 0 Å². The molecule has 0 aliphatic heterocycles. The van der Waals surface area contributed by atoms with Crippen LogP contribution in [0.2, 0.25) is 0 Å². The number of carbonyl (C=O) groups excluding carboxylic acids is 1. The standard InChI is InChI=1S/C13H20O.C4H4N2/c1-10-6-5-9-13(3,4)12(10)8-7-11(2)14;1-2-6-4-3-5-1/h7-8H,5-6,9H2,1-4H3;1-4H/b8-7+;. The summed E-state index contributed by atoms with van der Waals surface area (Å²) in [4.78, 5) is 18.3. The molecular formula is C17H24N2O. The predicted molar refractivity (Wildman–Crippen MR) is 82.2 cm³/mol. The highest BCUT2D eigenvalue weighted by Crippen LogP contribution is 2.40. The average molecular weight is 272 g/mol. The van der Waals surface area contributed by atoms with Crippen LogP contribution in [0, 0.1) is 5.41 Å². The van der Waals surface area contributed by atoms with Crippen molar-refractivity contribution in [2.45, 2.75) is 47.0 Å². The zero-order chi connectivity index (χ0) is 15.0. The van der Waals surface area contributed by atoms with Crippen molar-refractivity contribution in [3.05, 3.63) is 48.1 Å². The Hall–Kier alpha value is -1.77. The molecule has 2 rings (SSSR count). The van der Waals surface area contributed by atoms with Crippen molar-refractivity contribution in [2.24, 2.45) is 5.41 Å². The highest BCUT2D eigenvalue weighted by atomic mass is 16.1.